The van der Waals surface area contributed by atoms with Crippen molar-refractivity contribution in [1.29, 1.82) is 0 Å². The van der Waals surface area contributed by atoms with Gasteiger partial charge in [0.1, 0.15) is 0 Å². The molecule has 0 radical (unpaired) electrons. The van der Waals surface area contributed by atoms with Crippen molar-refractivity contribution >= 4 is 39.4 Å². The summed E-state index contributed by atoms with van der Waals surface area (Å²) in [6.07, 6.45) is 0. The summed E-state index contributed by atoms with van der Waals surface area (Å²) < 4.78 is 16.2. The number of benzene rings is 1. The molecule has 0 atom stereocenters. The lowest BCUT2D eigenvalue weighted by Gasteiger charge is -2.15. The molecule has 0 fully saturated rings. The lowest BCUT2D eigenvalue weighted by molar-refractivity contribution is -0.157. The molecule has 0 spiro atoms. The number of rotatable bonds is 7. The van der Waals surface area contributed by atoms with Crippen LogP contribution in [0, 0.1) is 0 Å². The number of nitrogens with one attached hydrogen (secondary N) is 1. The zero-order chi connectivity index (χ0) is 20.1. The first-order valence-corrected chi connectivity index (χ1v) is 9.45. The van der Waals surface area contributed by atoms with Crippen molar-refractivity contribution in [3.05, 3.63) is 42.2 Å². The number of amides is 1. The maximum atomic E-state index is 12.5. The van der Waals surface area contributed by atoms with Crippen LogP contribution in [0.25, 0.3) is 21.0 Å². The molecule has 0 aliphatic heterocycles. The average molecular weight is 402 g/mol. The summed E-state index contributed by atoms with van der Waals surface area (Å²) >= 11 is 1.43. The summed E-state index contributed by atoms with van der Waals surface area (Å²) in [6.45, 7) is 3.32. The molecular weight excluding hydrogens is 384 g/mol. The van der Waals surface area contributed by atoms with Crippen molar-refractivity contribution in [2.45, 2.75) is 19.9 Å². The van der Waals surface area contributed by atoms with E-state index in [4.69, 9.17) is 13.9 Å². The monoisotopic (exact) mass is 402 g/mol. The maximum Gasteiger partial charge on any atom is 0.340 e. The van der Waals surface area contributed by atoms with Crippen LogP contribution in [-0.4, -0.2) is 42.1 Å². The predicted molar refractivity (Wildman–Crippen MR) is 102 cm³/mol. The fourth-order valence-electron chi connectivity index (χ4n) is 2.42. The van der Waals surface area contributed by atoms with E-state index in [1.807, 2.05) is 24.3 Å². The number of fused-ring (bicyclic) bond motifs is 1. The molecule has 146 valence electrons. The summed E-state index contributed by atoms with van der Waals surface area (Å²) in [7, 11) is 0. The molecule has 2 heterocycles. The van der Waals surface area contributed by atoms with Gasteiger partial charge in [0.25, 0.3) is 5.91 Å². The van der Waals surface area contributed by atoms with Gasteiger partial charge in [-0.15, -0.1) is 11.3 Å². The highest BCUT2D eigenvalue weighted by Crippen LogP contribution is 2.31. The molecular formula is C19H18N2O6S. The molecule has 1 N–H and O–H groups in total. The Hall–Kier alpha value is -3.20. The average Bonchev–Trinajstić information content (AvgIpc) is 3.32. The molecule has 1 aromatic carbocycles. The smallest absolute Gasteiger partial charge is 0.340 e. The van der Waals surface area contributed by atoms with Gasteiger partial charge in [0, 0.05) is 0 Å². The number of para-hydroxylation sites is 1. The number of thiazole rings is 1. The van der Waals surface area contributed by atoms with Crippen LogP contribution in [0.3, 0.4) is 0 Å². The zero-order valence-corrected chi connectivity index (χ0v) is 16.1. The minimum atomic E-state index is -1.57. The number of carbonyl (C=O) groups is 3. The lowest BCUT2D eigenvalue weighted by atomic mass is 10.3. The van der Waals surface area contributed by atoms with Gasteiger partial charge in [-0.05, 0) is 38.1 Å². The van der Waals surface area contributed by atoms with Crippen molar-refractivity contribution in [1.82, 2.24) is 10.3 Å². The van der Waals surface area contributed by atoms with E-state index in [0.29, 0.717) is 10.8 Å². The standard InChI is InChI=1S/C19H18N2O6S/c1-3-25-18(23)15(19(24)26-4-2)21-16(22)12-9-10-13(27-12)17-20-11-7-5-6-8-14(11)28-17/h5-10,15H,3-4H2,1-2H3,(H,21,22). The molecule has 2 aromatic heterocycles. The Balaban J connectivity index is 1.78. The Morgan fingerprint density at radius 2 is 1.75 bits per heavy atom. The van der Waals surface area contributed by atoms with Crippen molar-refractivity contribution in [2.24, 2.45) is 0 Å². The third kappa shape index (κ3) is 4.20. The number of ether oxygens (including phenoxy) is 2. The molecule has 0 aliphatic carbocycles. The van der Waals surface area contributed by atoms with Gasteiger partial charge in [0.2, 0.25) is 6.04 Å². The molecule has 0 saturated carbocycles. The van der Waals surface area contributed by atoms with Gasteiger partial charge >= 0.3 is 11.9 Å². The van der Waals surface area contributed by atoms with Crippen LogP contribution < -0.4 is 5.32 Å². The highest BCUT2D eigenvalue weighted by molar-refractivity contribution is 7.21. The van der Waals surface area contributed by atoms with Crippen LogP contribution in [0.15, 0.2) is 40.8 Å². The van der Waals surface area contributed by atoms with E-state index in [1.54, 1.807) is 19.9 Å². The largest absolute Gasteiger partial charge is 0.464 e. The van der Waals surface area contributed by atoms with Gasteiger partial charge in [-0.25, -0.2) is 14.6 Å². The Bertz CT molecular complexity index is 958. The summed E-state index contributed by atoms with van der Waals surface area (Å²) in [5.41, 5.74) is 0.828. The number of furan rings is 1. The highest BCUT2D eigenvalue weighted by Gasteiger charge is 2.32. The molecule has 3 rings (SSSR count). The minimum absolute atomic E-state index is 0.0622. The van der Waals surface area contributed by atoms with E-state index in [1.165, 1.54) is 17.4 Å². The van der Waals surface area contributed by atoms with Crippen LogP contribution >= 0.6 is 11.3 Å². The normalized spacial score (nSPS) is 10.8. The molecule has 1 amide bonds. The van der Waals surface area contributed by atoms with Gasteiger partial charge in [-0.3, -0.25) is 4.79 Å². The Morgan fingerprint density at radius 1 is 1.07 bits per heavy atom. The van der Waals surface area contributed by atoms with Crippen LogP contribution in [0.5, 0.6) is 0 Å². The number of carbonyl (C=O) groups excluding carboxylic acids is 3. The topological polar surface area (TPSA) is 108 Å². The second-order valence-corrected chi connectivity index (χ2v) is 6.59. The van der Waals surface area contributed by atoms with Crippen molar-refractivity contribution in [2.75, 3.05) is 13.2 Å². The second-order valence-electron chi connectivity index (χ2n) is 5.56. The number of nitrogens with zero attached hydrogens (tertiary/aromatic N) is 1. The van der Waals surface area contributed by atoms with Crippen molar-refractivity contribution in [3.63, 3.8) is 0 Å². The summed E-state index contributed by atoms with van der Waals surface area (Å²) in [6, 6.07) is 9.11. The third-order valence-corrected chi connectivity index (χ3v) is 4.71. The first-order chi connectivity index (χ1) is 13.5. The molecule has 28 heavy (non-hydrogen) atoms. The van der Waals surface area contributed by atoms with Crippen LogP contribution in [-0.2, 0) is 19.1 Å². The SMILES string of the molecule is CCOC(=O)C(NC(=O)c1ccc(-c2nc3ccccc3s2)o1)C(=O)OCC. The van der Waals surface area contributed by atoms with E-state index < -0.39 is 23.9 Å². The summed E-state index contributed by atoms with van der Waals surface area (Å²) in [5.74, 6) is -2.18. The molecule has 0 bridgehead atoms. The van der Waals surface area contributed by atoms with Crippen LogP contribution in [0.4, 0.5) is 0 Å². The number of aromatic nitrogens is 1. The first kappa shape index (κ1) is 19.6. The fourth-order valence-corrected chi connectivity index (χ4v) is 3.35. The zero-order valence-electron chi connectivity index (χ0n) is 15.3. The molecule has 3 aromatic rings. The van der Waals surface area contributed by atoms with Gasteiger partial charge in [0.15, 0.2) is 16.5 Å². The second kappa shape index (κ2) is 8.66. The molecule has 9 heteroatoms. The van der Waals surface area contributed by atoms with E-state index in [2.05, 4.69) is 10.3 Å². The van der Waals surface area contributed by atoms with Crippen molar-refractivity contribution in [3.8, 4) is 10.8 Å². The van der Waals surface area contributed by atoms with Gasteiger partial charge in [-0.1, -0.05) is 12.1 Å². The lowest BCUT2D eigenvalue weighted by Crippen LogP contribution is -2.48. The van der Waals surface area contributed by atoms with E-state index in [0.717, 1.165) is 10.2 Å². The maximum absolute atomic E-state index is 12.5. The summed E-state index contributed by atoms with van der Waals surface area (Å²) in [4.78, 5) is 40.9. The molecule has 0 unspecified atom stereocenters. The van der Waals surface area contributed by atoms with Gasteiger partial charge in [-0.2, -0.15) is 0 Å². The summed E-state index contributed by atoms with van der Waals surface area (Å²) in [5, 5.41) is 2.91. The molecule has 0 aliphatic rings. The van der Waals surface area contributed by atoms with E-state index in [-0.39, 0.29) is 19.0 Å². The minimum Gasteiger partial charge on any atom is -0.464 e. The highest BCUT2D eigenvalue weighted by atomic mass is 32.1. The van der Waals surface area contributed by atoms with Crippen LogP contribution in [0.1, 0.15) is 24.4 Å². The Kier molecular flexibility index (Phi) is 6.05. The third-order valence-electron chi connectivity index (χ3n) is 3.65. The van der Waals surface area contributed by atoms with E-state index in [9.17, 15) is 14.4 Å². The number of esters is 2. The number of hydrogen-bond donors (Lipinski definition) is 1. The predicted octanol–water partition coefficient (Wildman–Crippen LogP) is 2.78. The van der Waals surface area contributed by atoms with Crippen LogP contribution in [0.2, 0.25) is 0 Å². The van der Waals surface area contributed by atoms with Gasteiger partial charge < -0.3 is 19.2 Å². The van der Waals surface area contributed by atoms with E-state index >= 15 is 0 Å². The molecule has 8 nitrogen and oxygen atoms in total. The fraction of sp³-hybridized carbons (Fsp3) is 0.263. The molecule has 0 saturated heterocycles. The first-order valence-electron chi connectivity index (χ1n) is 8.63. The quantitative estimate of drug-likeness (QED) is 0.478. The van der Waals surface area contributed by atoms with Gasteiger partial charge in [0.05, 0.1) is 23.4 Å². The van der Waals surface area contributed by atoms with Crippen molar-refractivity contribution < 1.29 is 28.3 Å². The Morgan fingerprint density at radius 3 is 2.39 bits per heavy atom. The Labute approximate surface area is 164 Å². The number of hydrogen-bond acceptors (Lipinski definition) is 8.